The van der Waals surface area contributed by atoms with Crippen molar-refractivity contribution in [2.45, 2.75) is 26.3 Å². The first-order valence-electron chi connectivity index (χ1n) is 5.32. The number of benzene rings is 1. The third-order valence-electron chi connectivity index (χ3n) is 2.28. The van der Waals surface area contributed by atoms with Crippen molar-refractivity contribution >= 4 is 11.6 Å². The molecule has 0 aliphatic heterocycles. The summed E-state index contributed by atoms with van der Waals surface area (Å²) >= 11 is 5.59. The summed E-state index contributed by atoms with van der Waals surface area (Å²) in [4.78, 5) is 0. The molecule has 0 atom stereocenters. The number of ether oxygens (including phenoxy) is 1. The second-order valence-corrected chi connectivity index (χ2v) is 3.77. The predicted octanol–water partition coefficient (Wildman–Crippen LogP) is 2.72. The number of hydrogen-bond acceptors (Lipinski definition) is 2. The van der Waals surface area contributed by atoms with Crippen LogP contribution in [0.5, 0.6) is 5.75 Å². The highest BCUT2D eigenvalue weighted by Crippen LogP contribution is 2.20. The Kier molecular flexibility index (Phi) is 5.51. The van der Waals surface area contributed by atoms with Crippen molar-refractivity contribution in [3.63, 3.8) is 0 Å². The quantitative estimate of drug-likeness (QED) is 0.599. The topological polar surface area (TPSA) is 35.2 Å². The van der Waals surface area contributed by atoms with Crippen LogP contribution in [0.3, 0.4) is 0 Å². The summed E-state index contributed by atoms with van der Waals surface area (Å²) in [6, 6.07) is 6.11. The summed E-state index contributed by atoms with van der Waals surface area (Å²) in [5.74, 6) is 1.60. The largest absolute Gasteiger partial charge is 0.493 e. The van der Waals surface area contributed by atoms with Crippen LogP contribution in [0.1, 0.15) is 24.5 Å². The Labute approximate surface area is 96.4 Å². The molecule has 0 amide bonds. The van der Waals surface area contributed by atoms with Crippen molar-refractivity contribution in [2.75, 3.05) is 12.5 Å². The van der Waals surface area contributed by atoms with E-state index in [0.717, 1.165) is 24.2 Å². The number of aryl methyl sites for hydroxylation is 1. The van der Waals surface area contributed by atoms with Crippen molar-refractivity contribution in [3.8, 4) is 5.75 Å². The highest BCUT2D eigenvalue weighted by molar-refractivity contribution is 6.17. The van der Waals surface area contributed by atoms with Gasteiger partial charge in [-0.1, -0.05) is 19.1 Å². The number of alkyl halides is 1. The smallest absolute Gasteiger partial charge is 0.122 e. The van der Waals surface area contributed by atoms with Crippen LogP contribution in [0.4, 0.5) is 0 Å². The van der Waals surface area contributed by atoms with Gasteiger partial charge in [0.15, 0.2) is 0 Å². The van der Waals surface area contributed by atoms with Crippen molar-refractivity contribution in [2.24, 2.45) is 5.73 Å². The molecule has 1 aromatic carbocycles. The van der Waals surface area contributed by atoms with Gasteiger partial charge in [0.05, 0.1) is 6.61 Å². The highest BCUT2D eigenvalue weighted by atomic mass is 35.5. The fourth-order valence-electron chi connectivity index (χ4n) is 1.41. The first-order valence-corrected chi connectivity index (χ1v) is 5.86. The maximum Gasteiger partial charge on any atom is 0.122 e. The molecule has 1 rings (SSSR count). The molecular weight excluding hydrogens is 210 g/mol. The minimum atomic E-state index is 0.578. The van der Waals surface area contributed by atoms with Crippen LogP contribution in [0.25, 0.3) is 0 Å². The lowest BCUT2D eigenvalue weighted by Crippen LogP contribution is -2.02. The third-order valence-corrected chi connectivity index (χ3v) is 2.54. The lowest BCUT2D eigenvalue weighted by molar-refractivity contribution is 0.315. The molecule has 0 saturated carbocycles. The van der Waals surface area contributed by atoms with Gasteiger partial charge >= 0.3 is 0 Å². The summed E-state index contributed by atoms with van der Waals surface area (Å²) in [5, 5.41) is 0. The minimum Gasteiger partial charge on any atom is -0.493 e. The van der Waals surface area contributed by atoms with Crippen LogP contribution in [0, 0.1) is 0 Å². The lowest BCUT2D eigenvalue weighted by Gasteiger charge is -2.11. The molecule has 0 heterocycles. The zero-order valence-corrected chi connectivity index (χ0v) is 9.89. The maximum atomic E-state index is 5.64. The molecule has 3 heteroatoms. The van der Waals surface area contributed by atoms with E-state index in [4.69, 9.17) is 22.1 Å². The summed E-state index contributed by atoms with van der Waals surface area (Å²) in [6.45, 7) is 3.37. The maximum absolute atomic E-state index is 5.64. The fraction of sp³-hybridized carbons (Fsp3) is 0.500. The molecule has 1 aromatic rings. The van der Waals surface area contributed by atoms with Crippen LogP contribution >= 0.6 is 11.6 Å². The van der Waals surface area contributed by atoms with Gasteiger partial charge in [-0.25, -0.2) is 0 Å². The molecule has 0 bridgehead atoms. The second kappa shape index (κ2) is 6.70. The molecule has 0 saturated heterocycles. The second-order valence-electron chi connectivity index (χ2n) is 3.39. The van der Waals surface area contributed by atoms with Crippen LogP contribution in [-0.4, -0.2) is 12.5 Å². The standard InChI is InChI=1S/C12H18ClNO/c1-2-11-8-10(9-14)4-5-12(11)15-7-3-6-13/h4-5,8H,2-3,6-7,9,14H2,1H3. The van der Waals surface area contributed by atoms with Gasteiger partial charge in [-0.3, -0.25) is 0 Å². The van der Waals surface area contributed by atoms with Crippen LogP contribution in [0.2, 0.25) is 0 Å². The van der Waals surface area contributed by atoms with E-state index in [1.54, 1.807) is 0 Å². The molecule has 0 spiro atoms. The van der Waals surface area contributed by atoms with E-state index in [2.05, 4.69) is 13.0 Å². The van der Waals surface area contributed by atoms with Gasteiger partial charge in [0, 0.05) is 12.4 Å². The zero-order valence-electron chi connectivity index (χ0n) is 9.13. The third kappa shape index (κ3) is 3.73. The van der Waals surface area contributed by atoms with Crippen molar-refractivity contribution in [1.29, 1.82) is 0 Å². The Morgan fingerprint density at radius 2 is 2.20 bits per heavy atom. The molecule has 0 aromatic heterocycles. The summed E-state index contributed by atoms with van der Waals surface area (Å²) in [5.41, 5.74) is 7.95. The minimum absolute atomic E-state index is 0.578. The van der Waals surface area contributed by atoms with Gasteiger partial charge in [-0.15, -0.1) is 11.6 Å². The Bertz CT molecular complexity index is 302. The molecule has 0 radical (unpaired) electrons. The van der Waals surface area contributed by atoms with E-state index in [9.17, 15) is 0 Å². The van der Waals surface area contributed by atoms with Gasteiger partial charge in [0.1, 0.15) is 5.75 Å². The summed E-state index contributed by atoms with van der Waals surface area (Å²) in [6.07, 6.45) is 1.84. The van der Waals surface area contributed by atoms with E-state index < -0.39 is 0 Å². The SMILES string of the molecule is CCc1cc(CN)ccc1OCCCCl. The normalized spacial score (nSPS) is 10.3. The molecule has 0 aliphatic rings. The molecule has 0 fully saturated rings. The van der Waals surface area contributed by atoms with Gasteiger partial charge in [-0.05, 0) is 30.0 Å². The number of halogens is 1. The zero-order chi connectivity index (χ0) is 11.1. The van der Waals surface area contributed by atoms with Crippen LogP contribution in [0.15, 0.2) is 18.2 Å². The van der Waals surface area contributed by atoms with Crippen LogP contribution in [-0.2, 0) is 13.0 Å². The van der Waals surface area contributed by atoms with E-state index in [0.29, 0.717) is 19.0 Å². The summed E-state index contributed by atoms with van der Waals surface area (Å²) in [7, 11) is 0. The average Bonchev–Trinajstić information content (AvgIpc) is 2.29. The Morgan fingerprint density at radius 1 is 1.40 bits per heavy atom. The van der Waals surface area contributed by atoms with E-state index in [1.807, 2.05) is 12.1 Å². The Hall–Kier alpha value is -0.730. The van der Waals surface area contributed by atoms with Gasteiger partial charge < -0.3 is 10.5 Å². The van der Waals surface area contributed by atoms with E-state index >= 15 is 0 Å². The number of nitrogens with two attached hydrogens (primary N) is 1. The molecule has 0 aliphatic carbocycles. The monoisotopic (exact) mass is 227 g/mol. The van der Waals surface area contributed by atoms with Crippen LogP contribution < -0.4 is 10.5 Å². The van der Waals surface area contributed by atoms with Crippen molar-refractivity contribution in [3.05, 3.63) is 29.3 Å². The average molecular weight is 228 g/mol. The summed E-state index contributed by atoms with van der Waals surface area (Å²) < 4.78 is 5.64. The van der Waals surface area contributed by atoms with Gasteiger partial charge in [-0.2, -0.15) is 0 Å². The number of rotatable bonds is 6. The molecule has 0 unspecified atom stereocenters. The van der Waals surface area contributed by atoms with Crippen molar-refractivity contribution < 1.29 is 4.74 Å². The molecular formula is C12H18ClNO. The Morgan fingerprint density at radius 3 is 2.80 bits per heavy atom. The van der Waals surface area contributed by atoms with Gasteiger partial charge in [0.2, 0.25) is 0 Å². The predicted molar refractivity (Wildman–Crippen MR) is 64.5 cm³/mol. The molecule has 2 N–H and O–H groups in total. The Balaban J connectivity index is 2.69. The highest BCUT2D eigenvalue weighted by Gasteiger charge is 2.02. The van der Waals surface area contributed by atoms with E-state index in [1.165, 1.54) is 5.56 Å². The van der Waals surface area contributed by atoms with Gasteiger partial charge in [0.25, 0.3) is 0 Å². The molecule has 15 heavy (non-hydrogen) atoms. The molecule has 2 nitrogen and oxygen atoms in total. The molecule has 84 valence electrons. The van der Waals surface area contributed by atoms with E-state index in [-0.39, 0.29) is 0 Å². The fourth-order valence-corrected chi connectivity index (χ4v) is 1.52. The lowest BCUT2D eigenvalue weighted by atomic mass is 10.1. The first-order chi connectivity index (χ1) is 7.31. The number of hydrogen-bond donors (Lipinski definition) is 1. The van der Waals surface area contributed by atoms with Crippen molar-refractivity contribution in [1.82, 2.24) is 0 Å². The first kappa shape index (κ1) is 12.3.